The largest absolute Gasteiger partial charge is 0.375 e. The Hall–Kier alpha value is -4.49. The maximum atomic E-state index is 13.1. The van der Waals surface area contributed by atoms with Gasteiger partial charge in [-0.1, -0.05) is 11.6 Å². The lowest BCUT2D eigenvalue weighted by Crippen LogP contribution is -2.62. The summed E-state index contributed by atoms with van der Waals surface area (Å²) in [5.41, 5.74) is 0.927. The van der Waals surface area contributed by atoms with E-state index < -0.39 is 29.8 Å². The number of nitrogens with zero attached hydrogens (tertiary/aromatic N) is 5. The van der Waals surface area contributed by atoms with E-state index >= 15 is 0 Å². The topological polar surface area (TPSA) is 168 Å². The van der Waals surface area contributed by atoms with Crippen LogP contribution in [0.3, 0.4) is 0 Å². The van der Waals surface area contributed by atoms with E-state index in [9.17, 15) is 19.2 Å². The quantitative estimate of drug-likeness (QED) is 0.357. The first kappa shape index (κ1) is 27.5. The molecule has 0 spiro atoms. The van der Waals surface area contributed by atoms with Crippen LogP contribution < -0.4 is 16.0 Å². The van der Waals surface area contributed by atoms with Crippen molar-refractivity contribution >= 4 is 41.0 Å². The molecule has 3 aromatic rings. The number of hydrogen-bond donors (Lipinski definition) is 3. The van der Waals surface area contributed by atoms with Crippen LogP contribution in [0.15, 0.2) is 55.2 Å². The van der Waals surface area contributed by atoms with Crippen LogP contribution in [0.1, 0.15) is 16.8 Å². The van der Waals surface area contributed by atoms with Gasteiger partial charge in [0.25, 0.3) is 5.91 Å². The number of rotatable bonds is 7. The Morgan fingerprint density at radius 3 is 2.38 bits per heavy atom. The number of likely N-dealkylation sites (tertiary alicyclic amines) is 1. The van der Waals surface area contributed by atoms with Crippen LogP contribution in [-0.2, 0) is 19.1 Å². The molecule has 0 bridgehead atoms. The second-order valence-electron chi connectivity index (χ2n) is 8.57. The van der Waals surface area contributed by atoms with E-state index in [1.54, 1.807) is 24.5 Å². The standard InChI is InChI=1S/C25H25ClN8O5/c1-39-14-21(35)34-9-6-18(31-24(37)25(38)33-20-3-2-17(26)12-28-20)19(13-34)32-23(36)16-10-29-22(30-11-16)15-4-7-27-8-5-15/h2-5,7-8,10-12,18-19H,6,9,13-14H2,1H3,(H,31,37)(H,32,36)(H,28,33,38)/t18-,19+/m0/s1. The number of carbonyl (C=O) groups is 4. The summed E-state index contributed by atoms with van der Waals surface area (Å²) >= 11 is 5.80. The van der Waals surface area contributed by atoms with Crippen molar-refractivity contribution in [1.29, 1.82) is 0 Å². The molecule has 14 heteroatoms. The lowest BCUT2D eigenvalue weighted by molar-refractivity contribution is -0.138. The van der Waals surface area contributed by atoms with Crippen molar-refractivity contribution in [3.05, 3.63) is 65.8 Å². The second kappa shape index (κ2) is 12.8. The number of ether oxygens (including phenoxy) is 1. The van der Waals surface area contributed by atoms with Gasteiger partial charge in [0, 0.05) is 56.7 Å². The Kier molecular flexibility index (Phi) is 9.07. The Morgan fingerprint density at radius 1 is 0.974 bits per heavy atom. The minimum Gasteiger partial charge on any atom is -0.375 e. The van der Waals surface area contributed by atoms with Crippen LogP contribution in [0.5, 0.6) is 0 Å². The molecule has 1 aliphatic heterocycles. The van der Waals surface area contributed by atoms with Gasteiger partial charge < -0.3 is 25.6 Å². The molecule has 4 rings (SSSR count). The fraction of sp³-hybridized carbons (Fsp3) is 0.280. The number of hydrogen-bond acceptors (Lipinski definition) is 9. The molecule has 2 atom stereocenters. The molecule has 1 aliphatic rings. The van der Waals surface area contributed by atoms with E-state index in [1.807, 2.05) is 0 Å². The lowest BCUT2D eigenvalue weighted by Gasteiger charge is -2.39. The molecule has 0 aliphatic carbocycles. The summed E-state index contributed by atoms with van der Waals surface area (Å²) in [7, 11) is 1.41. The first-order valence-electron chi connectivity index (χ1n) is 11.9. The predicted molar refractivity (Wildman–Crippen MR) is 139 cm³/mol. The third kappa shape index (κ3) is 7.30. The van der Waals surface area contributed by atoms with Gasteiger partial charge in [-0.15, -0.1) is 0 Å². The minimum absolute atomic E-state index is 0.0925. The molecule has 0 aromatic carbocycles. The summed E-state index contributed by atoms with van der Waals surface area (Å²) in [4.78, 5) is 68.5. The van der Waals surface area contributed by atoms with Gasteiger partial charge in [0.05, 0.1) is 22.7 Å². The van der Waals surface area contributed by atoms with Crippen molar-refractivity contribution in [3.63, 3.8) is 0 Å². The van der Waals surface area contributed by atoms with E-state index in [2.05, 4.69) is 35.9 Å². The van der Waals surface area contributed by atoms with Crippen molar-refractivity contribution in [3.8, 4) is 11.4 Å². The van der Waals surface area contributed by atoms with Crippen molar-refractivity contribution in [2.24, 2.45) is 0 Å². The number of methoxy groups -OCH3 is 1. The molecule has 0 radical (unpaired) electrons. The average molecular weight is 553 g/mol. The highest BCUT2D eigenvalue weighted by atomic mass is 35.5. The zero-order valence-electron chi connectivity index (χ0n) is 20.8. The number of aromatic nitrogens is 4. The second-order valence-corrected chi connectivity index (χ2v) is 9.00. The highest BCUT2D eigenvalue weighted by molar-refractivity contribution is 6.39. The Balaban J connectivity index is 1.44. The van der Waals surface area contributed by atoms with Gasteiger partial charge in [-0.2, -0.15) is 0 Å². The van der Waals surface area contributed by atoms with Gasteiger partial charge in [0.1, 0.15) is 12.4 Å². The molecule has 202 valence electrons. The van der Waals surface area contributed by atoms with Gasteiger partial charge in [-0.05, 0) is 30.7 Å². The van der Waals surface area contributed by atoms with Gasteiger partial charge in [-0.3, -0.25) is 24.2 Å². The summed E-state index contributed by atoms with van der Waals surface area (Å²) in [5, 5.41) is 8.26. The maximum absolute atomic E-state index is 13.1. The fourth-order valence-electron chi connectivity index (χ4n) is 3.92. The monoisotopic (exact) mass is 552 g/mol. The van der Waals surface area contributed by atoms with Gasteiger partial charge in [0.2, 0.25) is 5.91 Å². The van der Waals surface area contributed by atoms with E-state index in [1.165, 1.54) is 42.7 Å². The van der Waals surface area contributed by atoms with Crippen molar-refractivity contribution < 1.29 is 23.9 Å². The molecule has 1 saturated heterocycles. The van der Waals surface area contributed by atoms with Crippen molar-refractivity contribution in [2.75, 3.05) is 32.1 Å². The SMILES string of the molecule is COCC(=O)N1CC[C@H](NC(=O)C(=O)Nc2ccc(Cl)cn2)[C@H](NC(=O)c2cnc(-c3ccncc3)nc2)C1. The third-order valence-electron chi connectivity index (χ3n) is 5.89. The molecule has 4 heterocycles. The number of pyridine rings is 2. The van der Waals surface area contributed by atoms with E-state index in [4.69, 9.17) is 16.3 Å². The molecule has 0 unspecified atom stereocenters. The molecule has 4 amide bonds. The van der Waals surface area contributed by atoms with Gasteiger partial charge in [0.15, 0.2) is 5.82 Å². The molecule has 3 N–H and O–H groups in total. The highest BCUT2D eigenvalue weighted by Crippen LogP contribution is 2.15. The molecule has 13 nitrogen and oxygen atoms in total. The maximum Gasteiger partial charge on any atom is 0.314 e. The van der Waals surface area contributed by atoms with Crippen LogP contribution in [-0.4, -0.2) is 87.4 Å². The van der Waals surface area contributed by atoms with Crippen molar-refractivity contribution in [2.45, 2.75) is 18.5 Å². The number of anilines is 1. The third-order valence-corrected chi connectivity index (χ3v) is 6.12. The Labute approximate surface area is 228 Å². The highest BCUT2D eigenvalue weighted by Gasteiger charge is 2.34. The summed E-state index contributed by atoms with van der Waals surface area (Å²) in [6.45, 7) is 0.261. The molecular formula is C25H25ClN8O5. The number of amides is 4. The molecule has 0 saturated carbocycles. The van der Waals surface area contributed by atoms with E-state index in [-0.39, 0.29) is 36.9 Å². The smallest absolute Gasteiger partial charge is 0.314 e. The first-order valence-corrected chi connectivity index (χ1v) is 12.2. The van der Waals surface area contributed by atoms with E-state index in [0.29, 0.717) is 17.4 Å². The predicted octanol–water partition coefficient (Wildman–Crippen LogP) is 0.688. The summed E-state index contributed by atoms with van der Waals surface area (Å²) in [5.74, 6) is -2.05. The average Bonchev–Trinajstić information content (AvgIpc) is 2.95. The number of halogens is 1. The molecule has 3 aromatic heterocycles. The van der Waals surface area contributed by atoms with E-state index in [0.717, 1.165) is 5.56 Å². The van der Waals surface area contributed by atoms with Crippen LogP contribution in [0.25, 0.3) is 11.4 Å². The van der Waals surface area contributed by atoms with Crippen LogP contribution in [0, 0.1) is 0 Å². The minimum atomic E-state index is -0.937. The van der Waals surface area contributed by atoms with Gasteiger partial charge >= 0.3 is 11.8 Å². The summed E-state index contributed by atoms with van der Waals surface area (Å²) in [6.07, 6.45) is 7.61. The van der Waals surface area contributed by atoms with Crippen LogP contribution in [0.4, 0.5) is 5.82 Å². The van der Waals surface area contributed by atoms with Crippen molar-refractivity contribution in [1.82, 2.24) is 35.5 Å². The van der Waals surface area contributed by atoms with Crippen LogP contribution in [0.2, 0.25) is 5.02 Å². The fourth-order valence-corrected chi connectivity index (χ4v) is 4.03. The number of carbonyl (C=O) groups excluding carboxylic acids is 4. The zero-order valence-corrected chi connectivity index (χ0v) is 21.6. The van der Waals surface area contributed by atoms with Crippen LogP contribution >= 0.6 is 11.6 Å². The Bertz CT molecular complexity index is 1320. The number of nitrogens with one attached hydrogen (secondary N) is 3. The Morgan fingerprint density at radius 2 is 1.72 bits per heavy atom. The lowest BCUT2D eigenvalue weighted by atomic mass is 9.98. The van der Waals surface area contributed by atoms with Gasteiger partial charge in [-0.25, -0.2) is 15.0 Å². The molecular weight excluding hydrogens is 528 g/mol. The summed E-state index contributed by atoms with van der Waals surface area (Å²) < 4.78 is 4.94. The first-order chi connectivity index (χ1) is 18.8. The molecule has 1 fully saturated rings. The summed E-state index contributed by atoms with van der Waals surface area (Å²) in [6, 6.07) is 5.11. The zero-order chi connectivity index (χ0) is 27.8. The number of piperidine rings is 1. The normalized spacial score (nSPS) is 16.7. The molecule has 39 heavy (non-hydrogen) atoms.